The molecule has 0 saturated heterocycles. The van der Waals surface area contributed by atoms with Gasteiger partial charge in [0.2, 0.25) is 0 Å². The van der Waals surface area contributed by atoms with Crippen LogP contribution in [0, 0.1) is 0 Å². The molecule has 0 aromatic heterocycles. The number of phenolic OH excluding ortho intramolecular Hbond substituents is 2. The molecule has 0 aliphatic carbocycles. The highest BCUT2D eigenvalue weighted by Gasteiger charge is 2.34. The molecule has 1 heterocycles. The first-order chi connectivity index (χ1) is 11.5. The van der Waals surface area contributed by atoms with Crippen LogP contribution in [0.3, 0.4) is 0 Å². The minimum absolute atomic E-state index is 0.00969. The van der Waals surface area contributed by atoms with E-state index in [2.05, 4.69) is 0 Å². The third kappa shape index (κ3) is 2.85. The van der Waals surface area contributed by atoms with Crippen LogP contribution in [-0.4, -0.2) is 27.1 Å². The van der Waals surface area contributed by atoms with Crippen LogP contribution >= 0.6 is 0 Å². The number of phenols is 2. The van der Waals surface area contributed by atoms with Crippen molar-refractivity contribution in [3.63, 3.8) is 0 Å². The maximum Gasteiger partial charge on any atom is 0.385 e. The van der Waals surface area contributed by atoms with E-state index in [0.717, 1.165) is 0 Å². The van der Waals surface area contributed by atoms with Crippen LogP contribution in [0.5, 0.6) is 11.5 Å². The third-order valence-electron chi connectivity index (χ3n) is 3.43. The maximum atomic E-state index is 12.0. The Kier molecular flexibility index (Phi) is 3.79. The molecular formula is C18H12O6. The van der Waals surface area contributed by atoms with Crippen molar-refractivity contribution in [3.05, 3.63) is 71.2 Å². The van der Waals surface area contributed by atoms with Crippen LogP contribution in [0.1, 0.15) is 11.1 Å². The Balaban J connectivity index is 2.10. The van der Waals surface area contributed by atoms with Gasteiger partial charge in [-0.15, -0.1) is 0 Å². The van der Waals surface area contributed by atoms with E-state index in [1.807, 2.05) is 0 Å². The van der Waals surface area contributed by atoms with Gasteiger partial charge in [0.05, 0.1) is 5.57 Å². The second kappa shape index (κ2) is 5.92. The minimum Gasteiger partial charge on any atom is -0.508 e. The number of aromatic hydroxyl groups is 2. The lowest BCUT2D eigenvalue weighted by molar-refractivity contribution is -0.149. The summed E-state index contributed by atoms with van der Waals surface area (Å²) >= 11 is 0. The summed E-state index contributed by atoms with van der Waals surface area (Å²) < 4.78 is 4.87. The number of carbonyl (C=O) groups is 2. The number of cyclic esters (lactones) is 1. The molecule has 120 valence electrons. The number of aliphatic hydroxyl groups is 1. The summed E-state index contributed by atoms with van der Waals surface area (Å²) in [6, 6.07) is 11.5. The van der Waals surface area contributed by atoms with Gasteiger partial charge in [0.15, 0.2) is 11.5 Å². The summed E-state index contributed by atoms with van der Waals surface area (Å²) in [7, 11) is 0. The molecule has 24 heavy (non-hydrogen) atoms. The van der Waals surface area contributed by atoms with E-state index >= 15 is 0 Å². The van der Waals surface area contributed by atoms with Gasteiger partial charge in [-0.3, -0.25) is 4.79 Å². The van der Waals surface area contributed by atoms with E-state index in [9.17, 15) is 24.9 Å². The Morgan fingerprint density at radius 3 is 1.92 bits per heavy atom. The Morgan fingerprint density at radius 1 is 0.792 bits per heavy atom. The highest BCUT2D eigenvalue weighted by Crippen LogP contribution is 2.31. The van der Waals surface area contributed by atoms with Crippen LogP contribution in [0.25, 0.3) is 11.6 Å². The lowest BCUT2D eigenvalue weighted by Gasteiger charge is -2.17. The number of carbonyl (C=O) groups excluding carboxylic acids is 2. The summed E-state index contributed by atoms with van der Waals surface area (Å²) in [4.78, 5) is 23.8. The summed E-state index contributed by atoms with van der Waals surface area (Å²) in [5.41, 5.74) is 0.640. The quantitative estimate of drug-likeness (QED) is 0.579. The zero-order valence-electron chi connectivity index (χ0n) is 12.3. The average molecular weight is 324 g/mol. The molecule has 6 heteroatoms. The molecule has 0 spiro atoms. The van der Waals surface area contributed by atoms with Crippen molar-refractivity contribution in [1.82, 2.24) is 0 Å². The largest absolute Gasteiger partial charge is 0.508 e. The van der Waals surface area contributed by atoms with Crippen LogP contribution in [-0.2, 0) is 14.3 Å². The summed E-state index contributed by atoms with van der Waals surface area (Å²) in [5.74, 6) is -2.67. The van der Waals surface area contributed by atoms with Gasteiger partial charge < -0.3 is 20.1 Å². The molecule has 0 fully saturated rings. The van der Waals surface area contributed by atoms with Gasteiger partial charge in [0.1, 0.15) is 11.5 Å². The molecule has 0 amide bonds. The van der Waals surface area contributed by atoms with E-state index in [0.29, 0.717) is 5.56 Å². The smallest absolute Gasteiger partial charge is 0.385 e. The van der Waals surface area contributed by atoms with Crippen molar-refractivity contribution < 1.29 is 29.6 Å². The van der Waals surface area contributed by atoms with Crippen molar-refractivity contribution >= 4 is 23.4 Å². The van der Waals surface area contributed by atoms with E-state index in [1.54, 1.807) is 12.1 Å². The molecule has 0 saturated carbocycles. The molecule has 3 rings (SSSR count). The minimum atomic E-state index is -1.11. The lowest BCUT2D eigenvalue weighted by Crippen LogP contribution is -2.25. The number of hydrogen-bond acceptors (Lipinski definition) is 6. The highest BCUT2D eigenvalue weighted by atomic mass is 16.6. The van der Waals surface area contributed by atoms with Gasteiger partial charge >= 0.3 is 5.97 Å². The first kappa shape index (κ1) is 15.4. The topological polar surface area (TPSA) is 104 Å². The second-order valence-electron chi connectivity index (χ2n) is 5.09. The zero-order valence-corrected chi connectivity index (χ0v) is 12.3. The predicted molar refractivity (Wildman–Crippen MR) is 84.8 cm³/mol. The fourth-order valence-electron chi connectivity index (χ4n) is 2.24. The molecule has 3 N–H and O–H groups in total. The van der Waals surface area contributed by atoms with Crippen LogP contribution in [0.15, 0.2) is 60.0 Å². The number of hydrogen-bond donors (Lipinski definition) is 3. The van der Waals surface area contributed by atoms with Crippen molar-refractivity contribution in [2.24, 2.45) is 0 Å². The molecular weight excluding hydrogens is 312 g/mol. The average Bonchev–Trinajstić information content (AvgIpc) is 2.56. The van der Waals surface area contributed by atoms with E-state index in [4.69, 9.17) is 4.74 Å². The van der Waals surface area contributed by atoms with Crippen LogP contribution < -0.4 is 0 Å². The van der Waals surface area contributed by atoms with Gasteiger partial charge in [-0.25, -0.2) is 4.79 Å². The molecule has 2 aromatic carbocycles. The van der Waals surface area contributed by atoms with E-state index < -0.39 is 17.5 Å². The van der Waals surface area contributed by atoms with Crippen molar-refractivity contribution in [1.29, 1.82) is 0 Å². The van der Waals surface area contributed by atoms with E-state index in [-0.39, 0.29) is 28.4 Å². The Labute approximate surface area is 136 Å². The predicted octanol–water partition coefficient (Wildman–Crippen LogP) is 2.53. The second-order valence-corrected chi connectivity index (χ2v) is 5.09. The maximum absolute atomic E-state index is 12.0. The van der Waals surface area contributed by atoms with Crippen LogP contribution in [0.4, 0.5) is 0 Å². The van der Waals surface area contributed by atoms with Gasteiger partial charge in [0.25, 0.3) is 5.78 Å². The van der Waals surface area contributed by atoms with Crippen molar-refractivity contribution in [2.45, 2.75) is 0 Å². The number of aliphatic hydroxyl groups excluding tert-OH is 1. The van der Waals surface area contributed by atoms with E-state index in [1.165, 1.54) is 42.5 Å². The summed E-state index contributed by atoms with van der Waals surface area (Å²) in [6.07, 6.45) is 1.37. The standard InChI is InChI=1S/C18H12O6/c19-12-5-1-10(2-6-12)9-14-16(21)15(17(22)18(23)24-14)11-3-7-13(20)8-4-11/h1-9,19-21H/b14-9-. The van der Waals surface area contributed by atoms with Gasteiger partial charge in [-0.2, -0.15) is 0 Å². The molecule has 2 aromatic rings. The van der Waals surface area contributed by atoms with Crippen LogP contribution in [0.2, 0.25) is 0 Å². The monoisotopic (exact) mass is 324 g/mol. The highest BCUT2D eigenvalue weighted by molar-refractivity contribution is 6.53. The molecule has 1 aliphatic heterocycles. The number of Topliss-reactive ketones (excluding diaryl/α,β-unsaturated/α-hetero) is 1. The fraction of sp³-hybridized carbons (Fsp3) is 0. The Hall–Kier alpha value is -3.54. The zero-order chi connectivity index (χ0) is 17.3. The molecule has 1 aliphatic rings. The molecule has 0 atom stereocenters. The first-order valence-corrected chi connectivity index (χ1v) is 6.96. The SMILES string of the molecule is O=C1O/C(=C\c2ccc(O)cc2)C(O)=C(c2ccc(O)cc2)C1=O. The summed E-state index contributed by atoms with van der Waals surface area (Å²) in [5, 5.41) is 29.0. The third-order valence-corrected chi connectivity index (χ3v) is 3.43. The van der Waals surface area contributed by atoms with Gasteiger partial charge in [-0.05, 0) is 41.5 Å². The lowest BCUT2D eigenvalue weighted by atomic mass is 9.97. The number of rotatable bonds is 2. The number of ketones is 1. The molecule has 0 radical (unpaired) electrons. The summed E-state index contributed by atoms with van der Waals surface area (Å²) in [6.45, 7) is 0. The van der Waals surface area contributed by atoms with Crippen molar-refractivity contribution in [2.75, 3.05) is 0 Å². The Morgan fingerprint density at radius 2 is 1.33 bits per heavy atom. The van der Waals surface area contributed by atoms with Gasteiger partial charge in [0, 0.05) is 0 Å². The molecule has 0 bridgehead atoms. The fourth-order valence-corrected chi connectivity index (χ4v) is 2.24. The molecule has 0 unspecified atom stereocenters. The first-order valence-electron chi connectivity index (χ1n) is 6.96. The van der Waals surface area contributed by atoms with Crippen molar-refractivity contribution in [3.8, 4) is 11.5 Å². The van der Waals surface area contributed by atoms with Gasteiger partial charge in [-0.1, -0.05) is 24.3 Å². The number of benzene rings is 2. The number of ether oxygens (including phenoxy) is 1. The normalized spacial score (nSPS) is 16.4. The number of esters is 1. The molecule has 6 nitrogen and oxygen atoms in total. The Bertz CT molecular complexity index is 873.